The Morgan fingerprint density at radius 2 is 1.74 bits per heavy atom. The van der Waals surface area contributed by atoms with Gasteiger partial charge in [0, 0.05) is 11.3 Å². The van der Waals surface area contributed by atoms with Gasteiger partial charge in [0.25, 0.3) is 5.22 Å². The molecule has 1 unspecified atom stereocenters. The topological polar surface area (TPSA) is 77.2 Å². The normalized spacial score (nSPS) is 11.7. The Morgan fingerprint density at radius 3 is 2.42 bits per heavy atom. The van der Waals surface area contributed by atoms with Crippen molar-refractivity contribution in [3.05, 3.63) is 89.4 Å². The van der Waals surface area contributed by atoms with E-state index in [0.29, 0.717) is 27.6 Å². The van der Waals surface area contributed by atoms with E-state index in [1.165, 1.54) is 18.9 Å². The van der Waals surface area contributed by atoms with E-state index in [-0.39, 0.29) is 5.91 Å². The van der Waals surface area contributed by atoms with Gasteiger partial charge in [0.15, 0.2) is 0 Å². The highest BCUT2D eigenvalue weighted by atomic mass is 35.5. The van der Waals surface area contributed by atoms with Crippen molar-refractivity contribution in [3.8, 4) is 17.2 Å². The molecule has 0 radical (unpaired) electrons. The van der Waals surface area contributed by atoms with Gasteiger partial charge in [-0.15, -0.1) is 10.2 Å². The van der Waals surface area contributed by atoms with Crippen LogP contribution in [0.3, 0.4) is 0 Å². The zero-order valence-electron chi connectivity index (χ0n) is 16.5. The summed E-state index contributed by atoms with van der Waals surface area (Å²) < 4.78 is 11.0. The smallest absolute Gasteiger partial charge is 0.277 e. The lowest BCUT2D eigenvalue weighted by atomic mass is 10.1. The molecule has 1 N–H and O–H groups in total. The number of methoxy groups -OCH3 is 1. The molecule has 0 aliphatic rings. The second-order valence-electron chi connectivity index (χ2n) is 6.49. The maximum atomic E-state index is 13.2. The first-order valence-electron chi connectivity index (χ1n) is 9.39. The fourth-order valence-corrected chi connectivity index (χ4v) is 4.04. The minimum absolute atomic E-state index is 0.239. The van der Waals surface area contributed by atoms with E-state index in [2.05, 4.69) is 15.5 Å². The van der Waals surface area contributed by atoms with Crippen LogP contribution in [0, 0.1) is 0 Å². The Labute approximate surface area is 188 Å². The van der Waals surface area contributed by atoms with Gasteiger partial charge in [-0.25, -0.2) is 0 Å². The summed E-state index contributed by atoms with van der Waals surface area (Å²) in [4.78, 5) is 13.2. The minimum Gasteiger partial charge on any atom is -0.495 e. The van der Waals surface area contributed by atoms with Crippen molar-refractivity contribution in [1.29, 1.82) is 0 Å². The van der Waals surface area contributed by atoms with Crippen LogP contribution in [0.2, 0.25) is 5.02 Å². The molecule has 0 aliphatic carbocycles. The van der Waals surface area contributed by atoms with Crippen molar-refractivity contribution in [3.63, 3.8) is 0 Å². The highest BCUT2D eigenvalue weighted by Crippen LogP contribution is 2.37. The summed E-state index contributed by atoms with van der Waals surface area (Å²) in [7, 11) is 1.54. The SMILES string of the molecule is COc1ccc(NC(=O)C(Sc2nnc(-c3ccccc3)o2)c2ccccc2)cc1Cl. The van der Waals surface area contributed by atoms with Crippen LogP contribution in [0.5, 0.6) is 5.75 Å². The number of carbonyl (C=O) groups is 1. The Balaban J connectivity index is 1.57. The third-order valence-electron chi connectivity index (χ3n) is 4.41. The molecule has 1 atom stereocenters. The molecule has 1 aromatic heterocycles. The first-order chi connectivity index (χ1) is 15.1. The van der Waals surface area contributed by atoms with Crippen molar-refractivity contribution >= 4 is 35.0 Å². The zero-order valence-corrected chi connectivity index (χ0v) is 18.1. The molecule has 0 fully saturated rings. The maximum Gasteiger partial charge on any atom is 0.277 e. The van der Waals surface area contributed by atoms with Gasteiger partial charge in [0.05, 0.1) is 12.1 Å². The molecule has 1 amide bonds. The number of halogens is 1. The van der Waals surface area contributed by atoms with E-state index < -0.39 is 5.25 Å². The highest BCUT2D eigenvalue weighted by molar-refractivity contribution is 8.00. The molecule has 6 nitrogen and oxygen atoms in total. The van der Waals surface area contributed by atoms with Crippen LogP contribution in [0.15, 0.2) is 88.5 Å². The van der Waals surface area contributed by atoms with Gasteiger partial charge in [-0.3, -0.25) is 4.79 Å². The van der Waals surface area contributed by atoms with Crippen LogP contribution in [0.1, 0.15) is 10.8 Å². The molecule has 0 aliphatic heterocycles. The van der Waals surface area contributed by atoms with Crippen molar-refractivity contribution in [2.45, 2.75) is 10.5 Å². The third-order valence-corrected chi connectivity index (χ3v) is 5.79. The molecule has 0 bridgehead atoms. The highest BCUT2D eigenvalue weighted by Gasteiger charge is 2.25. The minimum atomic E-state index is -0.605. The Morgan fingerprint density at radius 1 is 1.03 bits per heavy atom. The number of thioether (sulfide) groups is 1. The summed E-state index contributed by atoms with van der Waals surface area (Å²) in [6.45, 7) is 0. The molecule has 4 rings (SSSR count). The number of amides is 1. The summed E-state index contributed by atoms with van der Waals surface area (Å²) in [5, 5.41) is 11.2. The van der Waals surface area contributed by atoms with Gasteiger partial charge >= 0.3 is 0 Å². The average Bonchev–Trinajstić information content (AvgIpc) is 3.27. The lowest BCUT2D eigenvalue weighted by Gasteiger charge is -2.15. The van der Waals surface area contributed by atoms with Crippen molar-refractivity contribution in [1.82, 2.24) is 10.2 Å². The van der Waals surface area contributed by atoms with E-state index in [4.69, 9.17) is 20.8 Å². The van der Waals surface area contributed by atoms with Crippen LogP contribution in [0.25, 0.3) is 11.5 Å². The van der Waals surface area contributed by atoms with E-state index in [0.717, 1.165) is 11.1 Å². The molecule has 4 aromatic rings. The van der Waals surface area contributed by atoms with Gasteiger partial charge in [-0.2, -0.15) is 0 Å². The molecule has 0 spiro atoms. The zero-order chi connectivity index (χ0) is 21.6. The summed E-state index contributed by atoms with van der Waals surface area (Å²) in [5.74, 6) is 0.696. The monoisotopic (exact) mass is 451 g/mol. The lowest BCUT2D eigenvalue weighted by molar-refractivity contribution is -0.115. The average molecular weight is 452 g/mol. The van der Waals surface area contributed by atoms with Gasteiger partial charge in [-0.1, -0.05) is 60.1 Å². The number of carbonyl (C=O) groups excluding carboxylic acids is 1. The molecule has 0 saturated heterocycles. The lowest BCUT2D eigenvalue weighted by Crippen LogP contribution is -2.19. The molecule has 0 saturated carbocycles. The number of hydrogen-bond donors (Lipinski definition) is 1. The number of nitrogens with one attached hydrogen (secondary N) is 1. The molecule has 1 heterocycles. The Hall–Kier alpha value is -3.29. The van der Waals surface area contributed by atoms with Crippen molar-refractivity contribution in [2.75, 3.05) is 12.4 Å². The van der Waals surface area contributed by atoms with E-state index >= 15 is 0 Å². The number of aromatic nitrogens is 2. The van der Waals surface area contributed by atoms with E-state index in [9.17, 15) is 4.79 Å². The summed E-state index contributed by atoms with van der Waals surface area (Å²) >= 11 is 7.37. The third kappa shape index (κ3) is 5.07. The van der Waals surface area contributed by atoms with Gasteiger partial charge < -0.3 is 14.5 Å². The van der Waals surface area contributed by atoms with Crippen molar-refractivity contribution < 1.29 is 13.9 Å². The van der Waals surface area contributed by atoms with Crippen molar-refractivity contribution in [2.24, 2.45) is 0 Å². The van der Waals surface area contributed by atoms with Crippen LogP contribution in [0.4, 0.5) is 5.69 Å². The van der Waals surface area contributed by atoms with Crippen LogP contribution in [-0.4, -0.2) is 23.2 Å². The molecule has 31 heavy (non-hydrogen) atoms. The number of rotatable bonds is 7. The fourth-order valence-electron chi connectivity index (χ4n) is 2.91. The van der Waals surface area contributed by atoms with E-state index in [1.807, 2.05) is 60.7 Å². The summed E-state index contributed by atoms with van der Waals surface area (Å²) in [5.41, 5.74) is 2.19. The number of hydrogen-bond acceptors (Lipinski definition) is 6. The Kier molecular flexibility index (Phi) is 6.54. The second-order valence-corrected chi connectivity index (χ2v) is 7.95. The quantitative estimate of drug-likeness (QED) is 0.354. The first-order valence-corrected chi connectivity index (χ1v) is 10.6. The van der Waals surface area contributed by atoms with Gasteiger partial charge in [-0.05, 0) is 47.7 Å². The maximum absolute atomic E-state index is 13.2. The van der Waals surface area contributed by atoms with Gasteiger partial charge in [0.1, 0.15) is 11.0 Å². The fraction of sp³-hybridized carbons (Fsp3) is 0.0870. The largest absolute Gasteiger partial charge is 0.495 e. The Bertz CT molecular complexity index is 1170. The summed E-state index contributed by atoms with van der Waals surface area (Å²) in [6, 6.07) is 24.0. The molecule has 8 heteroatoms. The predicted molar refractivity (Wildman–Crippen MR) is 121 cm³/mol. The molecule has 3 aromatic carbocycles. The standard InChI is InChI=1S/C23H18ClN3O3S/c1-29-19-13-12-17(14-18(19)24)25-21(28)20(15-8-4-2-5-9-15)31-23-27-26-22(30-23)16-10-6-3-7-11-16/h2-14,20H,1H3,(H,25,28). The number of ether oxygens (including phenoxy) is 1. The molecular weight excluding hydrogens is 434 g/mol. The predicted octanol–water partition coefficient (Wildman–Crippen LogP) is 5.87. The number of anilines is 1. The van der Waals surface area contributed by atoms with Gasteiger partial charge in [0.2, 0.25) is 11.8 Å². The molecule has 156 valence electrons. The van der Waals surface area contributed by atoms with Crippen LogP contribution >= 0.6 is 23.4 Å². The van der Waals surface area contributed by atoms with Crippen LogP contribution < -0.4 is 10.1 Å². The second kappa shape index (κ2) is 9.68. The summed E-state index contributed by atoms with van der Waals surface area (Å²) in [6.07, 6.45) is 0. The molecular formula is C23H18ClN3O3S. The number of benzene rings is 3. The first kappa shape index (κ1) is 21.0. The van der Waals surface area contributed by atoms with E-state index in [1.54, 1.807) is 18.2 Å². The number of nitrogens with zero attached hydrogens (tertiary/aromatic N) is 2. The van der Waals surface area contributed by atoms with Crippen LogP contribution in [-0.2, 0) is 4.79 Å².